The second-order valence-corrected chi connectivity index (χ2v) is 6.50. The first kappa shape index (κ1) is 14.5. The van der Waals surface area contributed by atoms with E-state index in [-0.39, 0.29) is 4.90 Å². The number of sulfonamides is 1. The van der Waals surface area contributed by atoms with Gasteiger partial charge in [0.05, 0.1) is 17.7 Å². The standard InChI is InChI=1S/C17H15NO3S/c1-3-6-12-11-13(21-2)9-10-14(12)17-15-7-4-5-8-16(15)22(19,20)18-17/h3-5,7-11H,1,6H2,2H3. The van der Waals surface area contributed by atoms with E-state index in [0.29, 0.717) is 17.7 Å². The van der Waals surface area contributed by atoms with E-state index in [1.807, 2.05) is 18.2 Å². The zero-order valence-corrected chi connectivity index (χ0v) is 12.9. The van der Waals surface area contributed by atoms with Crippen LogP contribution in [-0.2, 0) is 16.4 Å². The van der Waals surface area contributed by atoms with Crippen molar-refractivity contribution in [3.63, 3.8) is 0 Å². The van der Waals surface area contributed by atoms with Gasteiger partial charge in [-0.05, 0) is 36.2 Å². The van der Waals surface area contributed by atoms with Gasteiger partial charge in [-0.3, -0.25) is 0 Å². The van der Waals surface area contributed by atoms with Gasteiger partial charge in [-0.1, -0.05) is 24.3 Å². The topological polar surface area (TPSA) is 55.7 Å². The minimum absolute atomic E-state index is 0.255. The molecule has 0 radical (unpaired) electrons. The molecule has 3 rings (SSSR count). The number of allylic oxidation sites excluding steroid dienone is 1. The molecule has 22 heavy (non-hydrogen) atoms. The van der Waals surface area contributed by atoms with Crippen LogP contribution in [0.5, 0.6) is 5.75 Å². The first-order valence-electron chi connectivity index (χ1n) is 6.79. The van der Waals surface area contributed by atoms with Crippen LogP contribution in [-0.4, -0.2) is 21.2 Å². The second-order valence-electron chi connectivity index (χ2n) is 4.93. The molecule has 2 aromatic carbocycles. The van der Waals surface area contributed by atoms with Crippen LogP contribution < -0.4 is 4.74 Å². The number of hydrogen-bond donors (Lipinski definition) is 0. The third-order valence-corrected chi connectivity index (χ3v) is 4.90. The highest BCUT2D eigenvalue weighted by atomic mass is 32.2. The highest BCUT2D eigenvalue weighted by Gasteiger charge is 2.30. The van der Waals surface area contributed by atoms with Crippen LogP contribution in [0.1, 0.15) is 16.7 Å². The van der Waals surface area contributed by atoms with Gasteiger partial charge in [-0.15, -0.1) is 6.58 Å². The lowest BCUT2D eigenvalue weighted by molar-refractivity contribution is 0.414. The smallest absolute Gasteiger partial charge is 0.283 e. The van der Waals surface area contributed by atoms with Crippen LogP contribution in [0.4, 0.5) is 0 Å². The summed E-state index contributed by atoms with van der Waals surface area (Å²) in [6.07, 6.45) is 2.38. The molecule has 0 aliphatic carbocycles. The number of methoxy groups -OCH3 is 1. The quantitative estimate of drug-likeness (QED) is 0.815. The van der Waals surface area contributed by atoms with Gasteiger partial charge in [0.25, 0.3) is 10.0 Å². The molecular formula is C17H15NO3S. The summed E-state index contributed by atoms with van der Waals surface area (Å²) in [4.78, 5) is 0.255. The summed E-state index contributed by atoms with van der Waals surface area (Å²) in [7, 11) is -2.02. The van der Waals surface area contributed by atoms with Gasteiger partial charge in [0.2, 0.25) is 0 Å². The van der Waals surface area contributed by atoms with Crippen LogP contribution in [0.25, 0.3) is 0 Å². The van der Waals surface area contributed by atoms with Crippen LogP contribution in [0.2, 0.25) is 0 Å². The number of benzene rings is 2. The predicted octanol–water partition coefficient (Wildman–Crippen LogP) is 2.96. The summed E-state index contributed by atoms with van der Waals surface area (Å²) in [5.41, 5.74) is 2.84. The molecule has 0 saturated carbocycles. The van der Waals surface area contributed by atoms with E-state index < -0.39 is 10.0 Å². The number of nitrogens with zero attached hydrogens (tertiary/aromatic N) is 1. The fourth-order valence-electron chi connectivity index (χ4n) is 2.55. The van der Waals surface area contributed by atoms with Crippen molar-refractivity contribution in [2.75, 3.05) is 7.11 Å². The van der Waals surface area contributed by atoms with Crippen molar-refractivity contribution >= 4 is 15.7 Å². The molecule has 0 bridgehead atoms. The Kier molecular flexibility index (Phi) is 3.58. The fourth-order valence-corrected chi connectivity index (χ4v) is 3.78. The molecule has 0 N–H and O–H groups in total. The Bertz CT molecular complexity index is 883. The van der Waals surface area contributed by atoms with Crippen LogP contribution in [0.15, 0.2) is 64.4 Å². The van der Waals surface area contributed by atoms with Crippen LogP contribution in [0, 0.1) is 0 Å². The van der Waals surface area contributed by atoms with Crippen molar-refractivity contribution in [1.82, 2.24) is 0 Å². The van der Waals surface area contributed by atoms with Gasteiger partial charge in [-0.25, -0.2) is 0 Å². The molecule has 0 spiro atoms. The SMILES string of the molecule is C=CCc1cc(OC)ccc1C1=NS(=O)(=O)c2ccccc21. The van der Waals surface area contributed by atoms with Crippen LogP contribution in [0.3, 0.4) is 0 Å². The summed E-state index contributed by atoms with van der Waals surface area (Å²) in [6, 6.07) is 12.4. The number of hydrogen-bond acceptors (Lipinski definition) is 3. The van der Waals surface area contributed by atoms with E-state index in [0.717, 1.165) is 16.9 Å². The summed E-state index contributed by atoms with van der Waals surface area (Å²) in [6.45, 7) is 3.75. The van der Waals surface area contributed by atoms with Gasteiger partial charge >= 0.3 is 0 Å². The largest absolute Gasteiger partial charge is 0.497 e. The van der Waals surface area contributed by atoms with Gasteiger partial charge in [-0.2, -0.15) is 12.8 Å². The van der Waals surface area contributed by atoms with Crippen molar-refractivity contribution in [1.29, 1.82) is 0 Å². The van der Waals surface area contributed by atoms with E-state index in [2.05, 4.69) is 11.0 Å². The Morgan fingerprint density at radius 1 is 1.18 bits per heavy atom. The lowest BCUT2D eigenvalue weighted by Gasteiger charge is -2.10. The zero-order valence-electron chi connectivity index (χ0n) is 12.1. The van der Waals surface area contributed by atoms with Crippen molar-refractivity contribution in [3.05, 3.63) is 71.8 Å². The molecule has 1 heterocycles. The van der Waals surface area contributed by atoms with E-state index in [1.54, 1.807) is 37.5 Å². The summed E-state index contributed by atoms with van der Waals surface area (Å²) in [5, 5.41) is 0. The zero-order chi connectivity index (χ0) is 15.7. The average molecular weight is 313 g/mol. The molecule has 112 valence electrons. The normalized spacial score (nSPS) is 15.0. The first-order valence-corrected chi connectivity index (χ1v) is 8.23. The number of rotatable bonds is 4. The highest BCUT2D eigenvalue weighted by Crippen LogP contribution is 2.31. The summed E-state index contributed by atoms with van der Waals surface area (Å²) >= 11 is 0. The molecule has 1 aliphatic rings. The molecule has 0 amide bonds. The van der Waals surface area contributed by atoms with Gasteiger partial charge < -0.3 is 4.74 Å². The molecule has 0 saturated heterocycles. The Hall–Kier alpha value is -2.40. The lowest BCUT2D eigenvalue weighted by Crippen LogP contribution is -2.05. The van der Waals surface area contributed by atoms with E-state index in [1.165, 1.54) is 0 Å². The Labute approximate surface area is 129 Å². The second kappa shape index (κ2) is 5.42. The minimum Gasteiger partial charge on any atom is -0.497 e. The van der Waals surface area contributed by atoms with E-state index >= 15 is 0 Å². The third kappa shape index (κ3) is 2.33. The van der Waals surface area contributed by atoms with Crippen molar-refractivity contribution in [2.45, 2.75) is 11.3 Å². The molecule has 5 heteroatoms. The van der Waals surface area contributed by atoms with Crippen LogP contribution >= 0.6 is 0 Å². The minimum atomic E-state index is -3.62. The van der Waals surface area contributed by atoms with E-state index in [4.69, 9.17) is 4.74 Å². The van der Waals surface area contributed by atoms with Gasteiger partial charge in [0.15, 0.2) is 0 Å². The maximum atomic E-state index is 12.2. The molecule has 0 fully saturated rings. The molecule has 1 aliphatic heterocycles. The average Bonchev–Trinajstić information content (AvgIpc) is 2.80. The number of fused-ring (bicyclic) bond motifs is 1. The highest BCUT2D eigenvalue weighted by molar-refractivity contribution is 7.90. The van der Waals surface area contributed by atoms with Gasteiger partial charge in [0.1, 0.15) is 5.75 Å². The van der Waals surface area contributed by atoms with E-state index in [9.17, 15) is 8.42 Å². The van der Waals surface area contributed by atoms with Crippen molar-refractivity contribution in [3.8, 4) is 5.75 Å². The maximum Gasteiger partial charge on any atom is 0.283 e. The molecule has 4 nitrogen and oxygen atoms in total. The molecule has 0 unspecified atom stereocenters. The Balaban J connectivity index is 2.23. The maximum absolute atomic E-state index is 12.2. The predicted molar refractivity (Wildman–Crippen MR) is 86.2 cm³/mol. The number of ether oxygens (including phenoxy) is 1. The molecular weight excluding hydrogens is 298 g/mol. The molecule has 0 atom stereocenters. The Morgan fingerprint density at radius 2 is 1.95 bits per heavy atom. The lowest BCUT2D eigenvalue weighted by atomic mass is 9.95. The third-order valence-electron chi connectivity index (χ3n) is 3.56. The van der Waals surface area contributed by atoms with Crippen molar-refractivity contribution in [2.24, 2.45) is 4.40 Å². The van der Waals surface area contributed by atoms with Gasteiger partial charge in [0, 0.05) is 11.1 Å². The molecule has 0 aromatic heterocycles. The fraction of sp³-hybridized carbons (Fsp3) is 0.118. The van der Waals surface area contributed by atoms with Crippen molar-refractivity contribution < 1.29 is 13.2 Å². The summed E-state index contributed by atoms with van der Waals surface area (Å²) < 4.78 is 33.6. The first-order chi connectivity index (χ1) is 10.6. The Morgan fingerprint density at radius 3 is 2.68 bits per heavy atom. The molecule has 2 aromatic rings. The summed E-state index contributed by atoms with van der Waals surface area (Å²) in [5.74, 6) is 0.718. The monoisotopic (exact) mass is 313 g/mol.